The molecule has 0 spiro atoms. The van der Waals surface area contributed by atoms with Crippen LogP contribution in [0.2, 0.25) is 0 Å². The number of morpholine rings is 1. The highest BCUT2D eigenvalue weighted by Gasteiger charge is 2.24. The van der Waals surface area contributed by atoms with Gasteiger partial charge in [-0.3, -0.25) is 14.2 Å². The van der Waals surface area contributed by atoms with Gasteiger partial charge in [-0.25, -0.2) is 9.36 Å². The van der Waals surface area contributed by atoms with E-state index >= 15 is 0 Å². The average Bonchev–Trinajstić information content (AvgIpc) is 3.17. The van der Waals surface area contributed by atoms with E-state index in [0.717, 1.165) is 36.2 Å². The molecule has 0 atom stereocenters. The monoisotopic (exact) mass is 498 g/mol. The Morgan fingerprint density at radius 3 is 2.25 bits per heavy atom. The molecule has 1 amide bonds. The summed E-state index contributed by atoms with van der Waals surface area (Å²) in [5, 5.41) is 2.83. The topological polar surface area (TPSA) is 115 Å². The van der Waals surface area contributed by atoms with Gasteiger partial charge in [-0.1, -0.05) is 26.2 Å². The van der Waals surface area contributed by atoms with Crippen molar-refractivity contribution in [2.45, 2.75) is 58.5 Å². The molecule has 0 saturated carbocycles. The number of unbranched alkanes of at least 4 members (excludes halogenated alkanes) is 1. The van der Waals surface area contributed by atoms with Crippen LogP contribution in [0, 0.1) is 0 Å². The number of nitrogens with zero attached hydrogens (tertiary/aromatic N) is 4. The van der Waals surface area contributed by atoms with E-state index in [2.05, 4.69) is 10.2 Å². The van der Waals surface area contributed by atoms with E-state index in [1.807, 2.05) is 36.1 Å². The van der Waals surface area contributed by atoms with Crippen LogP contribution in [0.1, 0.15) is 45.4 Å². The number of hydrogen-bond acceptors (Lipinski definition) is 7. The number of ether oxygens (including phenoxy) is 1. The van der Waals surface area contributed by atoms with Gasteiger partial charge in [0.05, 0.1) is 13.2 Å². The smallest absolute Gasteiger partial charge is 0.333 e. The highest BCUT2D eigenvalue weighted by atomic mass is 16.5. The molecule has 4 rings (SSSR count). The van der Waals surface area contributed by atoms with E-state index < -0.39 is 17.2 Å². The minimum atomic E-state index is -0.561. The number of aromatic nitrogens is 2. The summed E-state index contributed by atoms with van der Waals surface area (Å²) in [7, 11) is 0. The Bertz CT molecular complexity index is 1140. The molecule has 2 aromatic rings. The van der Waals surface area contributed by atoms with E-state index in [-0.39, 0.29) is 18.1 Å². The van der Waals surface area contributed by atoms with E-state index in [9.17, 15) is 14.4 Å². The van der Waals surface area contributed by atoms with Crippen molar-refractivity contribution >= 4 is 28.8 Å². The fourth-order valence-corrected chi connectivity index (χ4v) is 4.89. The van der Waals surface area contributed by atoms with E-state index in [1.54, 1.807) is 0 Å². The summed E-state index contributed by atoms with van der Waals surface area (Å²) < 4.78 is 7.82. The molecule has 3 N–H and O–H groups in total. The number of carbonyl (C=O) groups is 1. The van der Waals surface area contributed by atoms with Gasteiger partial charge in [-0.2, -0.15) is 0 Å². The van der Waals surface area contributed by atoms with Gasteiger partial charge in [-0.15, -0.1) is 0 Å². The average molecular weight is 499 g/mol. The maximum atomic E-state index is 13.4. The van der Waals surface area contributed by atoms with Crippen molar-refractivity contribution in [1.29, 1.82) is 0 Å². The third-order valence-electron chi connectivity index (χ3n) is 6.93. The van der Waals surface area contributed by atoms with Crippen LogP contribution >= 0.6 is 0 Å². The lowest BCUT2D eigenvalue weighted by Gasteiger charge is -2.30. The first kappa shape index (κ1) is 25.8. The SMILES string of the molecule is CCCCn1c(N)c(N2CCOCC2)c(=O)n(CC(=O)Nc2ccc(N3CCCCCC3)cc2)c1=O. The van der Waals surface area contributed by atoms with Crippen molar-refractivity contribution in [2.75, 3.05) is 60.2 Å². The van der Waals surface area contributed by atoms with Crippen LogP contribution in [-0.4, -0.2) is 54.4 Å². The van der Waals surface area contributed by atoms with Gasteiger partial charge < -0.3 is 25.6 Å². The molecule has 10 nitrogen and oxygen atoms in total. The highest BCUT2D eigenvalue weighted by Crippen LogP contribution is 2.22. The third kappa shape index (κ3) is 5.92. The first-order valence-corrected chi connectivity index (χ1v) is 13.1. The predicted molar refractivity (Wildman–Crippen MR) is 143 cm³/mol. The summed E-state index contributed by atoms with van der Waals surface area (Å²) in [6.07, 6.45) is 6.52. The molecule has 196 valence electrons. The molecule has 1 aromatic carbocycles. The van der Waals surface area contributed by atoms with Crippen LogP contribution < -0.4 is 32.1 Å². The quantitative estimate of drug-likeness (QED) is 0.574. The Morgan fingerprint density at radius 1 is 0.944 bits per heavy atom. The lowest BCUT2D eigenvalue weighted by molar-refractivity contribution is -0.116. The lowest BCUT2D eigenvalue weighted by atomic mass is 10.2. The lowest BCUT2D eigenvalue weighted by Crippen LogP contribution is -2.48. The van der Waals surface area contributed by atoms with Gasteiger partial charge in [0.2, 0.25) is 5.91 Å². The number of nitrogens with one attached hydrogen (secondary N) is 1. The Balaban J connectivity index is 1.54. The number of hydrogen-bond donors (Lipinski definition) is 2. The largest absolute Gasteiger partial charge is 0.383 e. The van der Waals surface area contributed by atoms with Crippen molar-refractivity contribution in [1.82, 2.24) is 9.13 Å². The van der Waals surface area contributed by atoms with Gasteiger partial charge in [0.15, 0.2) is 0 Å². The summed E-state index contributed by atoms with van der Waals surface area (Å²) in [5.74, 6) is -0.280. The van der Waals surface area contributed by atoms with Crippen LogP contribution in [-0.2, 0) is 22.6 Å². The van der Waals surface area contributed by atoms with E-state index in [4.69, 9.17) is 10.5 Å². The van der Waals surface area contributed by atoms with Crippen molar-refractivity contribution < 1.29 is 9.53 Å². The van der Waals surface area contributed by atoms with Crippen molar-refractivity contribution in [2.24, 2.45) is 0 Å². The normalized spacial score (nSPS) is 16.6. The van der Waals surface area contributed by atoms with Gasteiger partial charge >= 0.3 is 5.69 Å². The van der Waals surface area contributed by atoms with Crippen molar-refractivity contribution in [3.05, 3.63) is 45.1 Å². The molecule has 0 radical (unpaired) electrons. The van der Waals surface area contributed by atoms with Crippen molar-refractivity contribution in [3.8, 4) is 0 Å². The van der Waals surface area contributed by atoms with Gasteiger partial charge in [0, 0.05) is 44.1 Å². The van der Waals surface area contributed by atoms with Crippen LogP contribution in [0.3, 0.4) is 0 Å². The Kier molecular flexibility index (Phi) is 8.69. The molecule has 3 heterocycles. The molecular formula is C26H38N6O4. The zero-order valence-electron chi connectivity index (χ0n) is 21.2. The van der Waals surface area contributed by atoms with Gasteiger partial charge in [0.25, 0.3) is 5.56 Å². The van der Waals surface area contributed by atoms with E-state index in [1.165, 1.54) is 30.3 Å². The summed E-state index contributed by atoms with van der Waals surface area (Å²) >= 11 is 0. The van der Waals surface area contributed by atoms with Gasteiger partial charge in [-0.05, 0) is 43.5 Å². The van der Waals surface area contributed by atoms with Gasteiger partial charge in [0.1, 0.15) is 18.1 Å². The third-order valence-corrected chi connectivity index (χ3v) is 6.93. The predicted octanol–water partition coefficient (Wildman–Crippen LogP) is 2.25. The summed E-state index contributed by atoms with van der Waals surface area (Å²) in [5.41, 5.74) is 7.26. The molecule has 0 bridgehead atoms. The second-order valence-corrected chi connectivity index (χ2v) is 9.51. The molecule has 2 fully saturated rings. The van der Waals surface area contributed by atoms with Crippen LogP contribution in [0.15, 0.2) is 33.9 Å². The minimum absolute atomic E-state index is 0.154. The maximum absolute atomic E-state index is 13.4. The van der Waals surface area contributed by atoms with E-state index in [0.29, 0.717) is 38.5 Å². The van der Waals surface area contributed by atoms with Crippen LogP contribution in [0.25, 0.3) is 0 Å². The number of benzene rings is 1. The number of rotatable bonds is 8. The van der Waals surface area contributed by atoms with Crippen LogP contribution in [0.4, 0.5) is 22.9 Å². The zero-order valence-corrected chi connectivity index (χ0v) is 21.2. The number of nitrogens with two attached hydrogens (primary N) is 1. The number of nitrogen functional groups attached to an aromatic ring is 1. The molecule has 2 aliphatic heterocycles. The maximum Gasteiger partial charge on any atom is 0.333 e. The number of amides is 1. The molecule has 1 aromatic heterocycles. The van der Waals surface area contributed by atoms with Crippen LogP contribution in [0.5, 0.6) is 0 Å². The highest BCUT2D eigenvalue weighted by molar-refractivity contribution is 5.90. The molecule has 2 aliphatic rings. The molecule has 0 aliphatic carbocycles. The molecule has 2 saturated heterocycles. The molecule has 36 heavy (non-hydrogen) atoms. The summed E-state index contributed by atoms with van der Waals surface area (Å²) in [4.78, 5) is 43.7. The zero-order chi connectivity index (χ0) is 25.5. The molecule has 0 unspecified atom stereocenters. The second kappa shape index (κ2) is 12.1. The fraction of sp³-hybridized carbons (Fsp3) is 0.577. The number of anilines is 4. The van der Waals surface area contributed by atoms with Crippen molar-refractivity contribution in [3.63, 3.8) is 0 Å². The Morgan fingerprint density at radius 2 is 1.61 bits per heavy atom. The minimum Gasteiger partial charge on any atom is -0.383 e. The molecule has 10 heteroatoms. The standard InChI is InChI=1S/C26H38N6O4/c1-2-3-14-31-24(27)23(30-15-17-36-18-16-30)25(34)32(26(31)35)19-22(33)28-20-8-10-21(11-9-20)29-12-6-4-5-7-13-29/h8-11H,2-7,12-19,27H2,1H3,(H,28,33). The summed E-state index contributed by atoms with van der Waals surface area (Å²) in [6.45, 7) is 6.06. The number of carbonyl (C=O) groups excluding carboxylic acids is 1. The Hall–Kier alpha value is -3.27. The molecular weight excluding hydrogens is 460 g/mol. The first-order chi connectivity index (χ1) is 17.5. The Labute approximate surface area is 211 Å². The summed E-state index contributed by atoms with van der Waals surface area (Å²) in [6, 6.07) is 7.74. The fourth-order valence-electron chi connectivity index (χ4n) is 4.89. The second-order valence-electron chi connectivity index (χ2n) is 9.51. The first-order valence-electron chi connectivity index (χ1n) is 13.1.